The summed E-state index contributed by atoms with van der Waals surface area (Å²) in [5.41, 5.74) is 3.59. The van der Waals surface area contributed by atoms with Gasteiger partial charge in [0.05, 0.1) is 16.2 Å². The number of pyridine rings is 1. The quantitative estimate of drug-likeness (QED) is 0.398. The van der Waals surface area contributed by atoms with E-state index in [1.54, 1.807) is 18.5 Å². The molecule has 0 amide bonds. The molecule has 1 unspecified atom stereocenters. The van der Waals surface area contributed by atoms with Crippen LogP contribution in [0.2, 0.25) is 0 Å². The van der Waals surface area contributed by atoms with Crippen LogP contribution in [0.5, 0.6) is 0 Å². The van der Waals surface area contributed by atoms with E-state index in [9.17, 15) is 4.79 Å². The van der Waals surface area contributed by atoms with Crippen LogP contribution < -0.4 is 5.56 Å². The molecule has 158 valence electrons. The van der Waals surface area contributed by atoms with Crippen LogP contribution in [0, 0.1) is 6.92 Å². The maximum atomic E-state index is 12.5. The highest BCUT2D eigenvalue weighted by atomic mass is 32.2. The fourth-order valence-electron chi connectivity index (χ4n) is 3.47. The Bertz CT molecular complexity index is 1440. The van der Waals surface area contributed by atoms with Gasteiger partial charge in [0.15, 0.2) is 11.0 Å². The number of hydrogen-bond acceptors (Lipinski definition) is 6. The third-order valence-corrected chi connectivity index (χ3v) is 6.21. The van der Waals surface area contributed by atoms with E-state index in [2.05, 4.69) is 44.2 Å². The molecule has 7 nitrogen and oxygen atoms in total. The molecule has 1 atom stereocenters. The number of rotatable bonds is 5. The summed E-state index contributed by atoms with van der Waals surface area (Å²) in [6.07, 6.45) is 3.48. The van der Waals surface area contributed by atoms with Crippen LogP contribution in [0.4, 0.5) is 0 Å². The van der Waals surface area contributed by atoms with Gasteiger partial charge < -0.3 is 4.98 Å². The third-order valence-electron chi connectivity index (χ3n) is 5.16. The van der Waals surface area contributed by atoms with Crippen molar-refractivity contribution in [3.8, 4) is 17.1 Å². The summed E-state index contributed by atoms with van der Waals surface area (Å²) in [5, 5.41) is 10.1. The molecule has 0 aliphatic heterocycles. The van der Waals surface area contributed by atoms with Gasteiger partial charge >= 0.3 is 0 Å². The molecule has 5 aromatic rings. The van der Waals surface area contributed by atoms with Gasteiger partial charge in [0.25, 0.3) is 5.56 Å². The van der Waals surface area contributed by atoms with Gasteiger partial charge in [-0.25, -0.2) is 4.98 Å². The zero-order valence-electron chi connectivity index (χ0n) is 17.6. The Morgan fingerprint density at radius 3 is 2.50 bits per heavy atom. The molecule has 0 spiro atoms. The highest BCUT2D eigenvalue weighted by Crippen LogP contribution is 2.35. The molecule has 1 N–H and O–H groups in total. The summed E-state index contributed by atoms with van der Waals surface area (Å²) in [6.45, 7) is 4.05. The average Bonchev–Trinajstić information content (AvgIpc) is 3.23. The topological polar surface area (TPSA) is 89.4 Å². The highest BCUT2D eigenvalue weighted by Gasteiger charge is 2.20. The predicted octanol–water partition coefficient (Wildman–Crippen LogP) is 4.73. The van der Waals surface area contributed by atoms with Crippen LogP contribution in [-0.2, 0) is 0 Å². The lowest BCUT2D eigenvalue weighted by molar-refractivity contribution is 0.862. The Hall–Kier alpha value is -3.78. The summed E-state index contributed by atoms with van der Waals surface area (Å²) >= 11 is 1.50. The SMILES string of the molecule is Cc1ccc(-n2c(SC(C)c3nc4ccccc4c(=O)[nH]3)nnc2-c2ccncc2)cc1. The predicted molar refractivity (Wildman–Crippen MR) is 126 cm³/mol. The van der Waals surface area contributed by atoms with Crippen LogP contribution >= 0.6 is 11.8 Å². The van der Waals surface area contributed by atoms with Crippen LogP contribution in [0.25, 0.3) is 28.0 Å². The second-order valence-electron chi connectivity index (χ2n) is 7.44. The number of nitrogens with one attached hydrogen (secondary N) is 1. The van der Waals surface area contributed by atoms with Gasteiger partial charge in [-0.2, -0.15) is 0 Å². The number of para-hydroxylation sites is 1. The molecule has 0 aliphatic rings. The Balaban J connectivity index is 1.57. The molecular weight excluding hydrogens is 420 g/mol. The third kappa shape index (κ3) is 3.80. The van der Waals surface area contributed by atoms with Crippen molar-refractivity contribution in [3.05, 3.63) is 94.8 Å². The van der Waals surface area contributed by atoms with Crippen molar-refractivity contribution in [2.45, 2.75) is 24.3 Å². The summed E-state index contributed by atoms with van der Waals surface area (Å²) in [6, 6.07) is 19.4. The first-order valence-electron chi connectivity index (χ1n) is 10.2. The first-order valence-corrected chi connectivity index (χ1v) is 11.1. The van der Waals surface area contributed by atoms with Crippen LogP contribution in [0.1, 0.15) is 23.6 Å². The second kappa shape index (κ2) is 8.39. The smallest absolute Gasteiger partial charge is 0.258 e. The van der Waals surface area contributed by atoms with Gasteiger partial charge in [0, 0.05) is 23.6 Å². The number of hydrogen-bond donors (Lipinski definition) is 1. The van der Waals surface area contributed by atoms with Gasteiger partial charge in [-0.3, -0.25) is 14.3 Å². The summed E-state index contributed by atoms with van der Waals surface area (Å²) < 4.78 is 2.02. The first-order chi connectivity index (χ1) is 15.6. The number of H-pyrrole nitrogens is 1. The van der Waals surface area contributed by atoms with Crippen molar-refractivity contribution in [2.24, 2.45) is 0 Å². The number of fused-ring (bicyclic) bond motifs is 1. The Morgan fingerprint density at radius 1 is 0.969 bits per heavy atom. The van der Waals surface area contributed by atoms with Crippen molar-refractivity contribution in [1.82, 2.24) is 29.7 Å². The van der Waals surface area contributed by atoms with Crippen molar-refractivity contribution in [2.75, 3.05) is 0 Å². The Kier molecular flexibility index (Phi) is 5.28. The van der Waals surface area contributed by atoms with E-state index >= 15 is 0 Å². The molecule has 32 heavy (non-hydrogen) atoms. The van der Waals surface area contributed by atoms with E-state index in [4.69, 9.17) is 0 Å². The van der Waals surface area contributed by atoms with Crippen molar-refractivity contribution < 1.29 is 0 Å². The normalized spacial score (nSPS) is 12.2. The van der Waals surface area contributed by atoms with E-state index in [-0.39, 0.29) is 10.8 Å². The zero-order chi connectivity index (χ0) is 22.1. The molecule has 8 heteroatoms. The lowest BCUT2D eigenvalue weighted by Gasteiger charge is -2.14. The highest BCUT2D eigenvalue weighted by molar-refractivity contribution is 7.99. The van der Waals surface area contributed by atoms with Crippen molar-refractivity contribution in [3.63, 3.8) is 0 Å². The monoisotopic (exact) mass is 440 g/mol. The minimum absolute atomic E-state index is 0.143. The Labute approximate surface area is 188 Å². The summed E-state index contributed by atoms with van der Waals surface area (Å²) in [7, 11) is 0. The summed E-state index contributed by atoms with van der Waals surface area (Å²) in [4.78, 5) is 24.2. The fraction of sp³-hybridized carbons (Fsp3) is 0.125. The number of nitrogens with zero attached hydrogens (tertiary/aromatic N) is 5. The molecule has 0 radical (unpaired) electrons. The molecule has 3 heterocycles. The molecule has 3 aromatic heterocycles. The first kappa shape index (κ1) is 20.1. The van der Waals surface area contributed by atoms with Crippen molar-refractivity contribution >= 4 is 22.7 Å². The maximum Gasteiger partial charge on any atom is 0.258 e. The summed E-state index contributed by atoms with van der Waals surface area (Å²) in [5.74, 6) is 1.33. The Morgan fingerprint density at radius 2 is 1.72 bits per heavy atom. The molecule has 0 fully saturated rings. The number of aromatic amines is 1. The van der Waals surface area contributed by atoms with Gasteiger partial charge in [-0.1, -0.05) is 41.6 Å². The van der Waals surface area contributed by atoms with Crippen LogP contribution in [-0.4, -0.2) is 29.7 Å². The standard InChI is InChI=1S/C24H20N6OS/c1-15-7-9-18(10-8-15)30-22(17-11-13-25-14-12-17)28-29-24(30)32-16(2)21-26-20-6-4-3-5-19(20)23(31)27-21/h3-14,16H,1-2H3,(H,26,27,31). The van der Waals surface area contributed by atoms with E-state index in [0.717, 1.165) is 17.1 Å². The van der Waals surface area contributed by atoms with Crippen LogP contribution in [0.15, 0.2) is 83.0 Å². The minimum atomic E-state index is -0.147. The van der Waals surface area contributed by atoms with E-state index in [1.807, 2.05) is 54.0 Å². The fourth-order valence-corrected chi connectivity index (χ4v) is 4.40. The van der Waals surface area contributed by atoms with Gasteiger partial charge in [-0.15, -0.1) is 10.2 Å². The number of aromatic nitrogens is 6. The van der Waals surface area contributed by atoms with Gasteiger partial charge in [0.1, 0.15) is 5.82 Å². The molecular formula is C24H20N6OS. The van der Waals surface area contributed by atoms with Gasteiger partial charge in [0.2, 0.25) is 0 Å². The minimum Gasteiger partial charge on any atom is -0.309 e. The van der Waals surface area contributed by atoms with Crippen LogP contribution in [0.3, 0.4) is 0 Å². The molecule has 2 aromatic carbocycles. The lowest BCUT2D eigenvalue weighted by atomic mass is 10.2. The number of benzene rings is 2. The largest absolute Gasteiger partial charge is 0.309 e. The number of aryl methyl sites for hydroxylation is 1. The average molecular weight is 441 g/mol. The molecule has 0 bridgehead atoms. The van der Waals surface area contributed by atoms with E-state index < -0.39 is 0 Å². The zero-order valence-corrected chi connectivity index (χ0v) is 18.4. The molecule has 0 aliphatic carbocycles. The number of thioether (sulfide) groups is 1. The maximum absolute atomic E-state index is 12.5. The molecule has 0 saturated carbocycles. The molecule has 5 rings (SSSR count). The lowest BCUT2D eigenvalue weighted by Crippen LogP contribution is -2.13. The van der Waals surface area contributed by atoms with Gasteiger partial charge in [-0.05, 0) is 50.2 Å². The molecule has 0 saturated heterocycles. The van der Waals surface area contributed by atoms with E-state index in [1.165, 1.54) is 17.3 Å². The second-order valence-corrected chi connectivity index (χ2v) is 8.75. The van der Waals surface area contributed by atoms with Crippen molar-refractivity contribution in [1.29, 1.82) is 0 Å². The van der Waals surface area contributed by atoms with E-state index in [0.29, 0.717) is 21.9 Å².